The number of tetrazole rings is 1. The molecule has 0 unspecified atom stereocenters. The van der Waals surface area contributed by atoms with E-state index in [1.54, 1.807) is 0 Å². The van der Waals surface area contributed by atoms with E-state index in [2.05, 4.69) is 95.6 Å². The van der Waals surface area contributed by atoms with Crippen molar-refractivity contribution in [2.45, 2.75) is 85.0 Å². The van der Waals surface area contributed by atoms with Crippen LogP contribution in [-0.2, 0) is 19.5 Å². The summed E-state index contributed by atoms with van der Waals surface area (Å²) in [7, 11) is 0. The summed E-state index contributed by atoms with van der Waals surface area (Å²) < 4.78 is 1.97. The van der Waals surface area contributed by atoms with Gasteiger partial charge in [0.15, 0.2) is 5.82 Å². The molecular formula is C30H38N6O. The third-order valence-corrected chi connectivity index (χ3v) is 7.95. The van der Waals surface area contributed by atoms with Crippen LogP contribution in [0, 0.1) is 19.8 Å². The second-order valence-corrected chi connectivity index (χ2v) is 10.9. The first-order valence-corrected chi connectivity index (χ1v) is 13.6. The van der Waals surface area contributed by atoms with Crippen LogP contribution in [0.4, 0.5) is 0 Å². The summed E-state index contributed by atoms with van der Waals surface area (Å²) in [6.45, 7) is 9.98. The number of fused-ring (bicyclic) bond motifs is 1. The largest absolute Gasteiger partial charge is 0.322 e. The standard InChI is InChI=1S/C30H38N6O/c1-20(2)28(29-32-33-34-36(29)15-14-23-10-6-5-7-11-23)35(26-12-8-9-13-26)19-25-18-24-16-21(3)22(4)17-27(24)31-30(25)37/h5-7,10-11,16-18,20,26,28H,8-9,12-15,19H2,1-4H3,(H,31,37)/t28-/m0/s1. The average molecular weight is 499 g/mol. The van der Waals surface area contributed by atoms with Gasteiger partial charge in [-0.15, -0.1) is 5.10 Å². The minimum Gasteiger partial charge on any atom is -0.322 e. The molecule has 0 aliphatic heterocycles. The molecule has 1 aliphatic rings. The minimum absolute atomic E-state index is 0.00933. The topological polar surface area (TPSA) is 79.7 Å². The van der Waals surface area contributed by atoms with Crippen LogP contribution in [0.15, 0.2) is 53.3 Å². The fraction of sp³-hybridized carbons (Fsp3) is 0.467. The van der Waals surface area contributed by atoms with Gasteiger partial charge in [0.1, 0.15) is 0 Å². The number of nitrogens with one attached hydrogen (secondary N) is 1. The van der Waals surface area contributed by atoms with Crippen molar-refractivity contribution in [3.8, 4) is 0 Å². The molecule has 5 rings (SSSR count). The summed E-state index contributed by atoms with van der Waals surface area (Å²) in [4.78, 5) is 18.9. The van der Waals surface area contributed by atoms with E-state index in [9.17, 15) is 4.79 Å². The van der Waals surface area contributed by atoms with Crippen molar-refractivity contribution in [3.05, 3.63) is 87.0 Å². The molecule has 0 radical (unpaired) electrons. The first-order valence-electron chi connectivity index (χ1n) is 13.6. The molecule has 0 spiro atoms. The van der Waals surface area contributed by atoms with E-state index in [4.69, 9.17) is 0 Å². The number of aromatic amines is 1. The van der Waals surface area contributed by atoms with E-state index >= 15 is 0 Å². The Bertz CT molecular complexity index is 1400. The molecule has 1 fully saturated rings. The molecule has 7 heteroatoms. The van der Waals surface area contributed by atoms with E-state index in [1.807, 2.05) is 10.7 Å². The van der Waals surface area contributed by atoms with Crippen molar-refractivity contribution in [1.29, 1.82) is 0 Å². The predicted octanol–water partition coefficient (Wildman–Crippen LogP) is 5.52. The van der Waals surface area contributed by atoms with Gasteiger partial charge < -0.3 is 4.98 Å². The van der Waals surface area contributed by atoms with Crippen LogP contribution in [0.5, 0.6) is 0 Å². The lowest BCUT2D eigenvalue weighted by Gasteiger charge is -2.38. The molecule has 2 aromatic carbocycles. The predicted molar refractivity (Wildman–Crippen MR) is 147 cm³/mol. The second kappa shape index (κ2) is 11.0. The van der Waals surface area contributed by atoms with Crippen LogP contribution in [-0.4, -0.2) is 36.1 Å². The van der Waals surface area contributed by atoms with Crippen molar-refractivity contribution in [1.82, 2.24) is 30.1 Å². The second-order valence-electron chi connectivity index (χ2n) is 10.9. The van der Waals surface area contributed by atoms with E-state index in [0.717, 1.165) is 48.1 Å². The highest BCUT2D eigenvalue weighted by atomic mass is 16.1. The molecule has 2 aromatic heterocycles. The molecule has 0 amide bonds. The van der Waals surface area contributed by atoms with Crippen LogP contribution in [0.1, 0.15) is 73.7 Å². The number of aryl methyl sites for hydroxylation is 4. The van der Waals surface area contributed by atoms with E-state index in [-0.39, 0.29) is 17.5 Å². The smallest absolute Gasteiger partial charge is 0.252 e. The molecule has 1 aliphatic carbocycles. The van der Waals surface area contributed by atoms with Gasteiger partial charge in [0.2, 0.25) is 0 Å². The fourth-order valence-corrected chi connectivity index (χ4v) is 5.82. The molecule has 0 bridgehead atoms. The number of pyridine rings is 1. The maximum Gasteiger partial charge on any atom is 0.252 e. The Labute approximate surface area is 218 Å². The molecule has 2 heterocycles. The summed E-state index contributed by atoms with van der Waals surface area (Å²) >= 11 is 0. The number of H-pyrrole nitrogens is 1. The molecule has 4 aromatic rings. The lowest BCUT2D eigenvalue weighted by atomic mass is 9.97. The summed E-state index contributed by atoms with van der Waals surface area (Å²) in [5.41, 5.74) is 5.38. The molecule has 1 N–H and O–H groups in total. The van der Waals surface area contributed by atoms with Crippen molar-refractivity contribution < 1.29 is 0 Å². The molecular weight excluding hydrogens is 460 g/mol. The number of benzene rings is 2. The van der Waals surface area contributed by atoms with Gasteiger partial charge in [0.05, 0.1) is 6.04 Å². The Morgan fingerprint density at radius 1 is 1.05 bits per heavy atom. The highest BCUT2D eigenvalue weighted by Crippen LogP contribution is 2.36. The van der Waals surface area contributed by atoms with E-state index in [0.29, 0.717) is 12.6 Å². The number of rotatable bonds is 9. The lowest BCUT2D eigenvalue weighted by Crippen LogP contribution is -2.41. The quantitative estimate of drug-likeness (QED) is 0.329. The van der Waals surface area contributed by atoms with Gasteiger partial charge in [-0.3, -0.25) is 9.69 Å². The Hall–Kier alpha value is -3.32. The van der Waals surface area contributed by atoms with Gasteiger partial charge >= 0.3 is 0 Å². The first kappa shape index (κ1) is 25.3. The van der Waals surface area contributed by atoms with Gasteiger partial charge in [-0.1, -0.05) is 57.0 Å². The van der Waals surface area contributed by atoms with Crippen molar-refractivity contribution in [2.24, 2.45) is 5.92 Å². The van der Waals surface area contributed by atoms with Crippen molar-refractivity contribution in [3.63, 3.8) is 0 Å². The highest BCUT2D eigenvalue weighted by Gasteiger charge is 2.35. The maximum absolute atomic E-state index is 13.3. The van der Waals surface area contributed by atoms with Gasteiger partial charge in [-0.25, -0.2) is 4.68 Å². The fourth-order valence-electron chi connectivity index (χ4n) is 5.82. The minimum atomic E-state index is -0.00933. The third kappa shape index (κ3) is 5.52. The SMILES string of the molecule is Cc1cc2cc(CN(C3CCCC3)[C@H](c3nnnn3CCc3ccccc3)C(C)C)c(=O)[nH]c2cc1C. The number of hydrogen-bond donors (Lipinski definition) is 1. The van der Waals surface area contributed by atoms with Crippen LogP contribution >= 0.6 is 0 Å². The zero-order valence-corrected chi connectivity index (χ0v) is 22.4. The summed E-state index contributed by atoms with van der Waals surface area (Å²) in [5, 5.41) is 14.1. The van der Waals surface area contributed by atoms with Gasteiger partial charge in [-0.2, -0.15) is 0 Å². The maximum atomic E-state index is 13.3. The van der Waals surface area contributed by atoms with E-state index < -0.39 is 0 Å². The Morgan fingerprint density at radius 3 is 2.51 bits per heavy atom. The summed E-state index contributed by atoms with van der Waals surface area (Å²) in [6, 6.07) is 17.2. The van der Waals surface area contributed by atoms with Gasteiger partial charge in [-0.05, 0) is 89.7 Å². The normalized spacial score (nSPS) is 15.3. The Balaban J connectivity index is 1.49. The zero-order chi connectivity index (χ0) is 25.9. The first-order chi connectivity index (χ1) is 17.9. The van der Waals surface area contributed by atoms with Gasteiger partial charge in [0, 0.05) is 30.2 Å². The van der Waals surface area contributed by atoms with Gasteiger partial charge in [0.25, 0.3) is 5.56 Å². The average Bonchev–Trinajstić information content (AvgIpc) is 3.57. The molecule has 194 valence electrons. The summed E-state index contributed by atoms with van der Waals surface area (Å²) in [6.07, 6.45) is 5.59. The lowest BCUT2D eigenvalue weighted by molar-refractivity contribution is 0.0840. The van der Waals surface area contributed by atoms with Crippen LogP contribution in [0.2, 0.25) is 0 Å². The molecule has 1 saturated carbocycles. The molecule has 1 atom stereocenters. The third-order valence-electron chi connectivity index (χ3n) is 7.95. The number of hydrogen-bond acceptors (Lipinski definition) is 5. The van der Waals surface area contributed by atoms with Crippen LogP contribution in [0.25, 0.3) is 10.9 Å². The molecule has 0 saturated heterocycles. The van der Waals surface area contributed by atoms with Crippen LogP contribution in [0.3, 0.4) is 0 Å². The zero-order valence-electron chi connectivity index (χ0n) is 22.4. The molecule has 7 nitrogen and oxygen atoms in total. The number of aromatic nitrogens is 5. The Kier molecular flexibility index (Phi) is 7.51. The number of nitrogens with zero attached hydrogens (tertiary/aromatic N) is 5. The summed E-state index contributed by atoms with van der Waals surface area (Å²) in [5.74, 6) is 1.17. The monoisotopic (exact) mass is 498 g/mol. The van der Waals surface area contributed by atoms with E-state index in [1.165, 1.54) is 29.5 Å². The van der Waals surface area contributed by atoms with Crippen LogP contribution < -0.4 is 5.56 Å². The molecule has 37 heavy (non-hydrogen) atoms. The Morgan fingerprint density at radius 2 is 1.78 bits per heavy atom. The van der Waals surface area contributed by atoms with Crippen molar-refractivity contribution >= 4 is 10.9 Å². The van der Waals surface area contributed by atoms with Crippen molar-refractivity contribution in [2.75, 3.05) is 0 Å². The highest BCUT2D eigenvalue weighted by molar-refractivity contribution is 5.80.